The van der Waals surface area contributed by atoms with Crippen molar-refractivity contribution >= 4 is 56.6 Å². The van der Waals surface area contributed by atoms with Crippen LogP contribution in [0.25, 0.3) is 21.5 Å². The van der Waals surface area contributed by atoms with Crippen LogP contribution in [0, 0.1) is 0 Å². The quantitative estimate of drug-likeness (QED) is 0.260. The van der Waals surface area contributed by atoms with Gasteiger partial charge in [-0.15, -0.1) is 22.9 Å². The highest BCUT2D eigenvalue weighted by Gasteiger charge is 2.23. The number of fused-ring (bicyclic) bond motifs is 1. The van der Waals surface area contributed by atoms with E-state index in [1.165, 1.54) is 23.1 Å². The zero-order chi connectivity index (χ0) is 19.4. The van der Waals surface area contributed by atoms with Crippen molar-refractivity contribution in [2.24, 2.45) is 0 Å². The first-order valence-corrected chi connectivity index (χ1v) is 10.8. The molecule has 0 aliphatic rings. The van der Waals surface area contributed by atoms with E-state index < -0.39 is 5.97 Å². The molecule has 0 saturated heterocycles. The van der Waals surface area contributed by atoms with Crippen molar-refractivity contribution in [3.8, 4) is 17.0 Å². The average molecular weight is 424 g/mol. The maximum Gasteiger partial charge on any atom is 0.350 e. The van der Waals surface area contributed by atoms with Crippen LogP contribution in [-0.4, -0.2) is 41.3 Å². The lowest BCUT2D eigenvalue weighted by Crippen LogP contribution is -2.05. The number of anilines is 1. The zero-order valence-corrected chi connectivity index (χ0v) is 17.2. The smallest absolute Gasteiger partial charge is 0.350 e. The van der Waals surface area contributed by atoms with E-state index in [-0.39, 0.29) is 6.61 Å². The van der Waals surface area contributed by atoms with Gasteiger partial charge in [-0.05, 0) is 25.3 Å². The van der Waals surface area contributed by atoms with Crippen molar-refractivity contribution in [1.29, 1.82) is 0 Å². The van der Waals surface area contributed by atoms with E-state index in [1.54, 1.807) is 6.92 Å². The highest BCUT2D eigenvalue weighted by Crippen LogP contribution is 2.40. The van der Waals surface area contributed by atoms with Crippen LogP contribution >= 0.6 is 34.7 Å². The fraction of sp³-hybridized carbons (Fsp3) is 0.278. The van der Waals surface area contributed by atoms with Crippen molar-refractivity contribution in [1.82, 2.24) is 9.97 Å². The molecule has 0 saturated carbocycles. The molecule has 0 fully saturated rings. The fourth-order valence-electron chi connectivity index (χ4n) is 2.54. The van der Waals surface area contributed by atoms with Crippen molar-refractivity contribution < 1.29 is 14.3 Å². The first-order valence-electron chi connectivity index (χ1n) is 8.19. The summed E-state index contributed by atoms with van der Waals surface area (Å²) in [5.74, 6) is 0.637. The fourth-order valence-corrected chi connectivity index (χ4v) is 4.03. The summed E-state index contributed by atoms with van der Waals surface area (Å²) in [5.41, 5.74) is 8.11. The van der Waals surface area contributed by atoms with Gasteiger partial charge in [0.15, 0.2) is 5.16 Å². The van der Waals surface area contributed by atoms with E-state index in [0.29, 0.717) is 49.9 Å². The third kappa shape index (κ3) is 4.12. The van der Waals surface area contributed by atoms with Gasteiger partial charge < -0.3 is 15.2 Å². The van der Waals surface area contributed by atoms with Gasteiger partial charge in [0.2, 0.25) is 0 Å². The molecule has 0 amide bonds. The Hall–Kier alpha value is -2.03. The number of aromatic nitrogens is 2. The Labute approximate surface area is 170 Å². The van der Waals surface area contributed by atoms with E-state index in [9.17, 15) is 4.79 Å². The molecule has 3 rings (SSSR count). The van der Waals surface area contributed by atoms with Crippen LogP contribution in [0.15, 0.2) is 29.4 Å². The van der Waals surface area contributed by atoms with E-state index in [0.717, 1.165) is 5.56 Å². The maximum absolute atomic E-state index is 12.2. The molecule has 0 unspecified atom stereocenters. The minimum absolute atomic E-state index is 0.279. The lowest BCUT2D eigenvalue weighted by atomic mass is 10.1. The van der Waals surface area contributed by atoms with Crippen molar-refractivity contribution in [2.75, 3.05) is 31.1 Å². The summed E-state index contributed by atoms with van der Waals surface area (Å²) in [7, 11) is 0. The Bertz CT molecular complexity index is 978. The summed E-state index contributed by atoms with van der Waals surface area (Å²) < 4.78 is 10.7. The summed E-state index contributed by atoms with van der Waals surface area (Å²) in [6, 6.07) is 7.52. The molecule has 0 aliphatic carbocycles. The van der Waals surface area contributed by atoms with Gasteiger partial charge in [0.1, 0.15) is 22.1 Å². The number of nitrogens with two attached hydrogens (primary N) is 1. The predicted molar refractivity (Wildman–Crippen MR) is 111 cm³/mol. The molecule has 142 valence electrons. The van der Waals surface area contributed by atoms with E-state index >= 15 is 0 Å². The van der Waals surface area contributed by atoms with Crippen molar-refractivity contribution in [3.05, 3.63) is 29.1 Å². The number of carbonyl (C=O) groups excluding carboxylic acids is 1. The van der Waals surface area contributed by atoms with Gasteiger partial charge >= 0.3 is 5.97 Å². The molecule has 9 heteroatoms. The van der Waals surface area contributed by atoms with Gasteiger partial charge in [0.05, 0.1) is 29.3 Å². The number of thioether (sulfide) groups is 1. The summed E-state index contributed by atoms with van der Waals surface area (Å²) in [4.78, 5) is 22.4. The molecule has 1 aromatic carbocycles. The number of nitrogens with zero attached hydrogens (tertiary/aromatic N) is 2. The van der Waals surface area contributed by atoms with Gasteiger partial charge in [0, 0.05) is 5.56 Å². The number of rotatable bonds is 7. The number of alkyl halides is 1. The zero-order valence-electron chi connectivity index (χ0n) is 14.8. The standard InChI is InChI=1S/C18H18ClN3O3S2/c1-3-24-17(23)15-13(20)12-14(21-18(26-2)22-16(12)27-15)10-5-4-6-11(9-10)25-8-7-19/h4-6,9H,3,7-8,20H2,1-2H3. The van der Waals surface area contributed by atoms with Crippen LogP contribution in [0.4, 0.5) is 5.69 Å². The average Bonchev–Trinajstić information content (AvgIpc) is 3.02. The molecule has 2 heterocycles. The molecule has 0 radical (unpaired) electrons. The number of thiophene rings is 1. The lowest BCUT2D eigenvalue weighted by Gasteiger charge is -2.09. The summed E-state index contributed by atoms with van der Waals surface area (Å²) in [6.07, 6.45) is 1.90. The molecule has 6 nitrogen and oxygen atoms in total. The van der Waals surface area contributed by atoms with Crippen LogP contribution in [0.5, 0.6) is 5.75 Å². The second-order valence-electron chi connectivity index (χ2n) is 5.37. The third-order valence-electron chi connectivity index (χ3n) is 3.66. The molecule has 0 aliphatic heterocycles. The van der Waals surface area contributed by atoms with E-state index in [4.69, 9.17) is 26.8 Å². The number of carbonyl (C=O) groups is 1. The number of nitrogen functional groups attached to an aromatic ring is 1. The highest BCUT2D eigenvalue weighted by atomic mass is 35.5. The van der Waals surface area contributed by atoms with Crippen LogP contribution < -0.4 is 10.5 Å². The van der Waals surface area contributed by atoms with Gasteiger partial charge in [-0.25, -0.2) is 14.8 Å². The third-order valence-corrected chi connectivity index (χ3v) is 5.45. The predicted octanol–water partition coefficient (Wildman–Crippen LogP) is 4.46. The lowest BCUT2D eigenvalue weighted by molar-refractivity contribution is 0.0533. The Morgan fingerprint density at radius 3 is 2.89 bits per heavy atom. The molecule has 3 aromatic rings. The molecule has 2 N–H and O–H groups in total. The summed E-state index contributed by atoms with van der Waals surface area (Å²) >= 11 is 8.34. The van der Waals surface area contributed by atoms with E-state index in [2.05, 4.69) is 9.97 Å². The van der Waals surface area contributed by atoms with Crippen LogP contribution in [0.3, 0.4) is 0 Å². The van der Waals surface area contributed by atoms with Crippen molar-refractivity contribution in [2.45, 2.75) is 12.1 Å². The van der Waals surface area contributed by atoms with Crippen LogP contribution in [0.1, 0.15) is 16.6 Å². The Morgan fingerprint density at radius 2 is 2.19 bits per heavy atom. The van der Waals surface area contributed by atoms with Gasteiger partial charge in [-0.1, -0.05) is 23.9 Å². The largest absolute Gasteiger partial charge is 0.492 e. The number of hydrogen-bond donors (Lipinski definition) is 1. The molecular weight excluding hydrogens is 406 g/mol. The summed E-state index contributed by atoms with van der Waals surface area (Å²) in [6.45, 7) is 2.44. The normalized spacial score (nSPS) is 10.9. The van der Waals surface area contributed by atoms with Gasteiger partial charge in [0.25, 0.3) is 0 Å². The first kappa shape index (κ1) is 19.7. The Morgan fingerprint density at radius 1 is 1.37 bits per heavy atom. The minimum Gasteiger partial charge on any atom is -0.492 e. The summed E-state index contributed by atoms with van der Waals surface area (Å²) in [5, 5.41) is 1.25. The minimum atomic E-state index is -0.450. The molecule has 0 atom stereocenters. The molecule has 0 bridgehead atoms. The van der Waals surface area contributed by atoms with Gasteiger partial charge in [-0.2, -0.15) is 0 Å². The van der Waals surface area contributed by atoms with Crippen LogP contribution in [-0.2, 0) is 4.74 Å². The molecular formula is C18H18ClN3O3S2. The van der Waals surface area contributed by atoms with Gasteiger partial charge in [-0.3, -0.25) is 0 Å². The highest BCUT2D eigenvalue weighted by molar-refractivity contribution is 7.98. The number of ether oxygens (including phenoxy) is 2. The number of benzene rings is 1. The van der Waals surface area contributed by atoms with Crippen molar-refractivity contribution in [3.63, 3.8) is 0 Å². The Kier molecular flexibility index (Phi) is 6.41. The second kappa shape index (κ2) is 8.77. The number of hydrogen-bond acceptors (Lipinski definition) is 8. The SMILES string of the molecule is CCOC(=O)c1sc2nc(SC)nc(-c3cccc(OCCCl)c3)c2c1N. The monoisotopic (exact) mass is 423 g/mol. The van der Waals surface area contributed by atoms with Crippen LogP contribution in [0.2, 0.25) is 0 Å². The maximum atomic E-state index is 12.2. The molecule has 0 spiro atoms. The molecule has 27 heavy (non-hydrogen) atoms. The number of halogens is 1. The topological polar surface area (TPSA) is 87.3 Å². The number of esters is 1. The Balaban J connectivity index is 2.18. The first-order chi connectivity index (χ1) is 13.1. The molecule has 2 aromatic heterocycles. The van der Waals surface area contributed by atoms with E-state index in [1.807, 2.05) is 30.5 Å². The second-order valence-corrected chi connectivity index (χ2v) is 7.52.